The van der Waals surface area contributed by atoms with E-state index in [1.807, 2.05) is 0 Å². The summed E-state index contributed by atoms with van der Waals surface area (Å²) in [5.74, 6) is 1.38. The van der Waals surface area contributed by atoms with Crippen LogP contribution >= 0.6 is 11.6 Å². The van der Waals surface area contributed by atoms with Gasteiger partial charge in [-0.2, -0.15) is 0 Å². The van der Waals surface area contributed by atoms with Crippen molar-refractivity contribution >= 4 is 17.3 Å². The third kappa shape index (κ3) is 3.13. The third-order valence-corrected chi connectivity index (χ3v) is 3.68. The minimum Gasteiger partial charge on any atom is -0.490 e. The van der Waals surface area contributed by atoms with Gasteiger partial charge in [0.1, 0.15) is 10.8 Å². The maximum atomic E-state index is 10.6. The maximum absolute atomic E-state index is 10.6. The quantitative estimate of drug-likeness (QED) is 0.610. The summed E-state index contributed by atoms with van der Waals surface area (Å²) >= 11 is 5.84. The van der Waals surface area contributed by atoms with E-state index in [4.69, 9.17) is 16.3 Å². The molecule has 98 valence electrons. The first kappa shape index (κ1) is 13.1. The molecule has 1 aliphatic rings. The van der Waals surface area contributed by atoms with Crippen molar-refractivity contribution < 1.29 is 9.66 Å². The van der Waals surface area contributed by atoms with Crippen LogP contribution in [-0.4, -0.2) is 11.0 Å². The summed E-state index contributed by atoms with van der Waals surface area (Å²) in [6.45, 7) is 2.25. The molecule has 0 amide bonds. The lowest BCUT2D eigenvalue weighted by Crippen LogP contribution is -2.22. The highest BCUT2D eigenvalue weighted by molar-refractivity contribution is 6.32. The van der Waals surface area contributed by atoms with E-state index in [1.165, 1.54) is 25.0 Å². The molecule has 5 heteroatoms. The van der Waals surface area contributed by atoms with E-state index >= 15 is 0 Å². The number of nitrogens with zero attached hydrogens (tertiary/aromatic N) is 1. The fraction of sp³-hybridized carbons (Fsp3) is 0.538. The van der Waals surface area contributed by atoms with Gasteiger partial charge in [-0.1, -0.05) is 18.5 Å². The Bertz CT molecular complexity index is 442. The summed E-state index contributed by atoms with van der Waals surface area (Å²) < 4.78 is 5.81. The van der Waals surface area contributed by atoms with Crippen molar-refractivity contribution in [3.05, 3.63) is 33.3 Å². The average Bonchev–Trinajstić information content (AvgIpc) is 2.32. The van der Waals surface area contributed by atoms with Gasteiger partial charge in [0.15, 0.2) is 0 Å². The summed E-state index contributed by atoms with van der Waals surface area (Å²) in [5.41, 5.74) is -0.0821. The highest BCUT2D eigenvalue weighted by Crippen LogP contribution is 2.31. The predicted molar refractivity (Wildman–Crippen MR) is 70.2 cm³/mol. The Hall–Kier alpha value is -1.29. The molecule has 0 radical (unpaired) electrons. The van der Waals surface area contributed by atoms with Crippen molar-refractivity contribution in [2.24, 2.45) is 5.92 Å². The average molecular weight is 270 g/mol. The summed E-state index contributed by atoms with van der Waals surface area (Å²) in [7, 11) is 0. The van der Waals surface area contributed by atoms with Crippen LogP contribution in [0.2, 0.25) is 5.02 Å². The number of hydrogen-bond donors (Lipinski definition) is 0. The number of halogens is 1. The van der Waals surface area contributed by atoms with Crippen molar-refractivity contribution in [2.75, 3.05) is 0 Å². The van der Waals surface area contributed by atoms with Crippen molar-refractivity contribution in [3.63, 3.8) is 0 Å². The van der Waals surface area contributed by atoms with E-state index in [0.29, 0.717) is 5.75 Å². The maximum Gasteiger partial charge on any atom is 0.288 e. The Kier molecular flexibility index (Phi) is 4.07. The number of ether oxygens (including phenoxy) is 1. The molecule has 0 heterocycles. The zero-order valence-electron chi connectivity index (χ0n) is 10.3. The van der Waals surface area contributed by atoms with E-state index in [9.17, 15) is 10.1 Å². The number of rotatable bonds is 3. The van der Waals surface area contributed by atoms with Crippen molar-refractivity contribution in [3.8, 4) is 5.75 Å². The zero-order valence-corrected chi connectivity index (χ0v) is 11.0. The number of hydrogen-bond acceptors (Lipinski definition) is 3. The van der Waals surface area contributed by atoms with Gasteiger partial charge in [0.05, 0.1) is 11.0 Å². The van der Waals surface area contributed by atoms with Crippen LogP contribution in [0.5, 0.6) is 5.75 Å². The van der Waals surface area contributed by atoms with Gasteiger partial charge in [-0.05, 0) is 37.7 Å². The molecule has 4 nitrogen and oxygen atoms in total. The monoisotopic (exact) mass is 269 g/mol. The molecule has 18 heavy (non-hydrogen) atoms. The van der Waals surface area contributed by atoms with E-state index in [1.54, 1.807) is 6.07 Å². The highest BCUT2D eigenvalue weighted by Gasteiger charge is 2.20. The van der Waals surface area contributed by atoms with Gasteiger partial charge in [-0.3, -0.25) is 10.1 Å². The molecule has 1 aromatic carbocycles. The van der Waals surface area contributed by atoms with Gasteiger partial charge in [-0.25, -0.2) is 0 Å². The Balaban J connectivity index is 2.02. The van der Waals surface area contributed by atoms with Crippen molar-refractivity contribution in [1.82, 2.24) is 0 Å². The fourth-order valence-corrected chi connectivity index (χ4v) is 2.49. The molecule has 2 rings (SSSR count). The van der Waals surface area contributed by atoms with Gasteiger partial charge in [0.2, 0.25) is 0 Å². The number of nitro groups is 1. The van der Waals surface area contributed by atoms with Gasteiger partial charge in [-0.15, -0.1) is 0 Å². The highest BCUT2D eigenvalue weighted by atomic mass is 35.5. The van der Waals surface area contributed by atoms with Gasteiger partial charge in [0, 0.05) is 12.1 Å². The van der Waals surface area contributed by atoms with E-state index in [0.717, 1.165) is 18.8 Å². The third-order valence-electron chi connectivity index (χ3n) is 3.38. The van der Waals surface area contributed by atoms with Gasteiger partial charge >= 0.3 is 0 Å². The summed E-state index contributed by atoms with van der Waals surface area (Å²) in [6, 6.07) is 4.53. The summed E-state index contributed by atoms with van der Waals surface area (Å²) in [4.78, 5) is 10.1. The van der Waals surface area contributed by atoms with Crippen LogP contribution in [0, 0.1) is 16.0 Å². The lowest BCUT2D eigenvalue weighted by molar-refractivity contribution is -0.384. The number of nitro benzene ring substituents is 1. The molecule has 0 spiro atoms. The van der Waals surface area contributed by atoms with Crippen LogP contribution in [0.4, 0.5) is 5.69 Å². The first-order valence-electron chi connectivity index (χ1n) is 6.17. The molecule has 0 N–H and O–H groups in total. The SMILES string of the molecule is CC1CCC(Oc2ccc([N+](=O)[O-])c(Cl)c2)CC1. The normalized spacial score (nSPS) is 23.7. The standard InChI is InChI=1S/C13H16ClNO3/c1-9-2-4-10(5-3-9)18-11-6-7-13(15(16)17)12(14)8-11/h6-10H,2-5H2,1H3. The fourth-order valence-electron chi connectivity index (χ4n) is 2.25. The molecule has 1 saturated carbocycles. The molecule has 0 aliphatic heterocycles. The molecule has 1 aliphatic carbocycles. The van der Waals surface area contributed by atoms with Crippen LogP contribution in [0.15, 0.2) is 18.2 Å². The van der Waals surface area contributed by atoms with Crippen LogP contribution < -0.4 is 4.74 Å². The van der Waals surface area contributed by atoms with Gasteiger partial charge in [0.25, 0.3) is 5.69 Å². The smallest absolute Gasteiger partial charge is 0.288 e. The molecule has 0 unspecified atom stereocenters. The van der Waals surface area contributed by atoms with Gasteiger partial charge < -0.3 is 4.74 Å². The Morgan fingerprint density at radius 2 is 2.00 bits per heavy atom. The minimum atomic E-state index is -0.492. The minimum absolute atomic E-state index is 0.0821. The molecule has 0 aromatic heterocycles. The van der Waals surface area contributed by atoms with Crippen LogP contribution in [0.1, 0.15) is 32.6 Å². The molecule has 1 aromatic rings. The summed E-state index contributed by atoms with van der Waals surface area (Å²) in [6.07, 6.45) is 4.63. The first-order chi connectivity index (χ1) is 8.56. The molecule has 0 saturated heterocycles. The molecular weight excluding hydrogens is 254 g/mol. The lowest BCUT2D eigenvalue weighted by atomic mass is 9.89. The second-order valence-corrected chi connectivity index (χ2v) is 5.28. The van der Waals surface area contributed by atoms with Crippen LogP contribution in [-0.2, 0) is 0 Å². The van der Waals surface area contributed by atoms with Crippen LogP contribution in [0.25, 0.3) is 0 Å². The topological polar surface area (TPSA) is 52.4 Å². The Labute approximate surface area is 111 Å². The van der Waals surface area contributed by atoms with E-state index in [2.05, 4.69) is 6.92 Å². The molecule has 0 bridgehead atoms. The number of benzene rings is 1. The second kappa shape index (κ2) is 5.57. The van der Waals surface area contributed by atoms with Crippen LogP contribution in [0.3, 0.4) is 0 Å². The lowest BCUT2D eigenvalue weighted by Gasteiger charge is -2.26. The molecule has 0 atom stereocenters. The first-order valence-corrected chi connectivity index (χ1v) is 6.54. The van der Waals surface area contributed by atoms with E-state index < -0.39 is 4.92 Å². The second-order valence-electron chi connectivity index (χ2n) is 4.87. The largest absolute Gasteiger partial charge is 0.490 e. The Morgan fingerprint density at radius 3 is 2.56 bits per heavy atom. The Morgan fingerprint density at radius 1 is 1.33 bits per heavy atom. The zero-order chi connectivity index (χ0) is 13.1. The van der Waals surface area contributed by atoms with Crippen molar-refractivity contribution in [2.45, 2.75) is 38.7 Å². The van der Waals surface area contributed by atoms with Crippen molar-refractivity contribution in [1.29, 1.82) is 0 Å². The predicted octanol–water partition coefficient (Wildman–Crippen LogP) is 4.21. The van der Waals surface area contributed by atoms with E-state index in [-0.39, 0.29) is 16.8 Å². The molecular formula is C13H16ClNO3. The molecule has 1 fully saturated rings. The summed E-state index contributed by atoms with van der Waals surface area (Å²) in [5, 5.41) is 10.8.